The molecule has 7 nitrogen and oxygen atoms in total. The van der Waals surface area contributed by atoms with Gasteiger partial charge in [0.05, 0.1) is 0 Å². The molecular weight excluding hydrogens is 224 g/mol. The fraction of sp³-hybridized carbons (Fsp3) is 0.700. The summed E-state index contributed by atoms with van der Waals surface area (Å²) in [6.45, 7) is 3.65. The Balaban J connectivity index is 2.35. The third kappa shape index (κ3) is 3.16. The molecule has 17 heavy (non-hydrogen) atoms. The van der Waals surface area contributed by atoms with Crippen molar-refractivity contribution in [2.75, 3.05) is 6.54 Å². The van der Waals surface area contributed by atoms with Crippen molar-refractivity contribution in [3.8, 4) is 0 Å². The van der Waals surface area contributed by atoms with E-state index < -0.39 is 5.54 Å². The lowest BCUT2D eigenvalue weighted by atomic mass is 10.1. The highest BCUT2D eigenvalue weighted by molar-refractivity contribution is 6.06. The van der Waals surface area contributed by atoms with Gasteiger partial charge in [-0.15, -0.1) is 0 Å². The van der Waals surface area contributed by atoms with Crippen molar-refractivity contribution < 1.29 is 14.4 Å². The van der Waals surface area contributed by atoms with Gasteiger partial charge < -0.3 is 5.32 Å². The Hall–Kier alpha value is -1.63. The average molecular weight is 242 g/mol. The predicted molar refractivity (Wildman–Crippen MR) is 60.5 cm³/mol. The van der Waals surface area contributed by atoms with E-state index in [0.29, 0.717) is 25.8 Å². The van der Waals surface area contributed by atoms with Crippen LogP contribution in [0.5, 0.6) is 0 Å². The molecule has 0 aliphatic carbocycles. The van der Waals surface area contributed by atoms with Crippen LogP contribution in [0.1, 0.15) is 33.1 Å². The van der Waals surface area contributed by atoms with Gasteiger partial charge in [-0.3, -0.25) is 19.9 Å². The molecule has 4 amide bonds. The van der Waals surface area contributed by atoms with Crippen LogP contribution in [0.2, 0.25) is 0 Å². The Morgan fingerprint density at radius 2 is 2.06 bits per heavy atom. The van der Waals surface area contributed by atoms with Gasteiger partial charge in [-0.05, 0) is 26.7 Å². The fourth-order valence-electron chi connectivity index (χ4n) is 1.65. The van der Waals surface area contributed by atoms with Gasteiger partial charge in [0.25, 0.3) is 5.91 Å². The number of urea groups is 1. The molecule has 4 N–H and O–H groups in total. The minimum absolute atomic E-state index is 0.231. The predicted octanol–water partition coefficient (Wildman–Crippen LogP) is -0.523. The Kier molecular flexibility index (Phi) is 4.06. The molecule has 96 valence electrons. The topological polar surface area (TPSA) is 105 Å². The van der Waals surface area contributed by atoms with Crippen molar-refractivity contribution in [3.63, 3.8) is 0 Å². The van der Waals surface area contributed by atoms with Crippen LogP contribution < -0.4 is 16.6 Å². The summed E-state index contributed by atoms with van der Waals surface area (Å²) in [6.07, 6.45) is 1.47. The van der Waals surface area contributed by atoms with Gasteiger partial charge in [0.1, 0.15) is 5.54 Å². The smallest absolute Gasteiger partial charge is 0.324 e. The second kappa shape index (κ2) is 5.13. The maximum absolute atomic E-state index is 11.8. The third-order valence-corrected chi connectivity index (χ3v) is 2.64. The summed E-state index contributed by atoms with van der Waals surface area (Å²) in [4.78, 5) is 35.3. The number of nitrogens with two attached hydrogens (primary N) is 1. The maximum Gasteiger partial charge on any atom is 0.325 e. The van der Waals surface area contributed by atoms with E-state index in [0.717, 1.165) is 0 Å². The first-order valence-corrected chi connectivity index (χ1v) is 5.52. The summed E-state index contributed by atoms with van der Waals surface area (Å²) in [5.74, 6) is 4.45. The SMILES string of the molecule is CC1(C)NC(=O)N(CCCCC(=O)NN)C1=O. The van der Waals surface area contributed by atoms with Gasteiger partial charge in [-0.1, -0.05) is 0 Å². The zero-order valence-corrected chi connectivity index (χ0v) is 10.1. The molecule has 0 aromatic heterocycles. The van der Waals surface area contributed by atoms with E-state index in [1.165, 1.54) is 4.90 Å². The molecule has 0 radical (unpaired) electrons. The zero-order valence-electron chi connectivity index (χ0n) is 10.1. The van der Waals surface area contributed by atoms with Crippen molar-refractivity contribution in [2.45, 2.75) is 38.6 Å². The van der Waals surface area contributed by atoms with Crippen LogP contribution in [-0.4, -0.2) is 34.8 Å². The highest BCUT2D eigenvalue weighted by Crippen LogP contribution is 2.17. The molecule has 1 aliphatic heterocycles. The molecule has 1 saturated heterocycles. The molecule has 0 aromatic rings. The summed E-state index contributed by atoms with van der Waals surface area (Å²) in [6, 6.07) is -0.372. The summed E-state index contributed by atoms with van der Waals surface area (Å²) in [5.41, 5.74) is 1.20. The van der Waals surface area contributed by atoms with Crippen LogP contribution >= 0.6 is 0 Å². The van der Waals surface area contributed by atoms with E-state index in [4.69, 9.17) is 5.84 Å². The molecule has 0 atom stereocenters. The van der Waals surface area contributed by atoms with Crippen molar-refractivity contribution >= 4 is 17.8 Å². The van der Waals surface area contributed by atoms with Crippen LogP contribution in [0.4, 0.5) is 4.79 Å². The molecule has 0 bridgehead atoms. The second-order valence-electron chi connectivity index (χ2n) is 4.54. The summed E-state index contributed by atoms with van der Waals surface area (Å²) < 4.78 is 0. The number of amides is 4. The Morgan fingerprint density at radius 3 is 2.53 bits per heavy atom. The monoisotopic (exact) mass is 242 g/mol. The molecule has 1 rings (SSSR count). The number of rotatable bonds is 5. The molecule has 1 aliphatic rings. The third-order valence-electron chi connectivity index (χ3n) is 2.64. The van der Waals surface area contributed by atoms with E-state index in [2.05, 4.69) is 5.32 Å². The maximum atomic E-state index is 11.8. The molecule has 1 heterocycles. The largest absolute Gasteiger partial charge is 0.325 e. The Morgan fingerprint density at radius 1 is 1.41 bits per heavy atom. The molecular formula is C10H18N4O3. The lowest BCUT2D eigenvalue weighted by Crippen LogP contribution is -2.40. The first-order valence-electron chi connectivity index (χ1n) is 5.52. The van der Waals surface area contributed by atoms with E-state index in [1.54, 1.807) is 13.8 Å². The first-order chi connectivity index (χ1) is 7.88. The van der Waals surface area contributed by atoms with Crippen molar-refractivity contribution in [3.05, 3.63) is 0 Å². The summed E-state index contributed by atoms with van der Waals surface area (Å²) in [5, 5.41) is 2.59. The Labute approximate surface area is 99.7 Å². The second-order valence-corrected chi connectivity index (χ2v) is 4.54. The van der Waals surface area contributed by atoms with Crippen molar-refractivity contribution in [1.29, 1.82) is 0 Å². The number of carbonyl (C=O) groups is 3. The number of unbranched alkanes of at least 4 members (excludes halogenated alkanes) is 1. The van der Waals surface area contributed by atoms with E-state index in [9.17, 15) is 14.4 Å². The fourth-order valence-corrected chi connectivity index (χ4v) is 1.65. The van der Waals surface area contributed by atoms with Gasteiger partial charge in [-0.2, -0.15) is 0 Å². The molecule has 0 aromatic carbocycles. The molecule has 0 saturated carbocycles. The summed E-state index contributed by atoms with van der Waals surface area (Å²) in [7, 11) is 0. The molecule has 7 heteroatoms. The standard InChI is InChI=1S/C10H18N4O3/c1-10(2)8(16)14(9(17)12-10)6-4-3-5-7(15)13-11/h3-6,11H2,1-2H3,(H,12,17)(H,13,15). The minimum atomic E-state index is -0.828. The van der Waals surface area contributed by atoms with Crippen LogP contribution in [0.15, 0.2) is 0 Å². The van der Waals surface area contributed by atoms with Crippen LogP contribution in [0.25, 0.3) is 0 Å². The van der Waals surface area contributed by atoms with Crippen LogP contribution in [-0.2, 0) is 9.59 Å². The lowest BCUT2D eigenvalue weighted by molar-refractivity contribution is -0.130. The van der Waals surface area contributed by atoms with E-state index in [1.807, 2.05) is 5.43 Å². The van der Waals surface area contributed by atoms with Gasteiger partial charge in [-0.25, -0.2) is 10.6 Å². The number of hydrogen-bond acceptors (Lipinski definition) is 4. The number of hydrogen-bond donors (Lipinski definition) is 3. The van der Waals surface area contributed by atoms with Crippen LogP contribution in [0.3, 0.4) is 0 Å². The van der Waals surface area contributed by atoms with Gasteiger partial charge in [0.2, 0.25) is 5.91 Å². The number of imide groups is 1. The van der Waals surface area contributed by atoms with Crippen molar-refractivity contribution in [2.24, 2.45) is 5.84 Å². The van der Waals surface area contributed by atoms with Crippen LogP contribution in [0, 0.1) is 0 Å². The summed E-state index contributed by atoms with van der Waals surface area (Å²) >= 11 is 0. The number of carbonyl (C=O) groups excluding carboxylic acids is 3. The number of nitrogens with zero attached hydrogens (tertiary/aromatic N) is 1. The normalized spacial score (nSPS) is 18.2. The minimum Gasteiger partial charge on any atom is -0.324 e. The molecule has 0 spiro atoms. The highest BCUT2D eigenvalue weighted by Gasteiger charge is 2.43. The van der Waals surface area contributed by atoms with E-state index >= 15 is 0 Å². The number of nitrogens with one attached hydrogen (secondary N) is 2. The zero-order chi connectivity index (χ0) is 13.1. The highest BCUT2D eigenvalue weighted by atomic mass is 16.2. The quantitative estimate of drug-likeness (QED) is 0.198. The van der Waals surface area contributed by atoms with Gasteiger partial charge in [0.15, 0.2) is 0 Å². The average Bonchev–Trinajstić information content (AvgIpc) is 2.45. The van der Waals surface area contributed by atoms with E-state index in [-0.39, 0.29) is 17.8 Å². The molecule has 0 unspecified atom stereocenters. The van der Waals surface area contributed by atoms with Gasteiger partial charge in [0, 0.05) is 13.0 Å². The Bertz CT molecular complexity index is 340. The molecule has 1 fully saturated rings. The van der Waals surface area contributed by atoms with Gasteiger partial charge >= 0.3 is 6.03 Å². The number of hydrazine groups is 1. The first kappa shape index (κ1) is 13.4. The lowest BCUT2D eigenvalue weighted by Gasteiger charge is -2.15. The van der Waals surface area contributed by atoms with Crippen molar-refractivity contribution in [1.82, 2.24) is 15.6 Å².